The van der Waals surface area contributed by atoms with E-state index in [-0.39, 0.29) is 22.8 Å². The van der Waals surface area contributed by atoms with E-state index < -0.39 is 58.4 Å². The number of furan rings is 1. The molecule has 0 aromatic carbocycles. The second kappa shape index (κ2) is 8.36. The number of carbonyl (C=O) groups is 4. The molecular formula is C16H16N4O9S. The van der Waals surface area contributed by atoms with Crippen LogP contribution >= 0.6 is 0 Å². The van der Waals surface area contributed by atoms with Gasteiger partial charge in [0.1, 0.15) is 30.8 Å². The van der Waals surface area contributed by atoms with Gasteiger partial charge in [0.15, 0.2) is 5.76 Å². The van der Waals surface area contributed by atoms with Gasteiger partial charge in [-0.25, -0.2) is 9.59 Å². The van der Waals surface area contributed by atoms with Crippen molar-refractivity contribution in [2.75, 3.05) is 19.5 Å². The number of rotatable bonds is 7. The van der Waals surface area contributed by atoms with Crippen LogP contribution in [0.4, 0.5) is 4.79 Å². The van der Waals surface area contributed by atoms with Gasteiger partial charge in [0, 0.05) is 5.57 Å². The molecule has 3 atom stereocenters. The first kappa shape index (κ1) is 21.0. The summed E-state index contributed by atoms with van der Waals surface area (Å²) in [4.78, 5) is 53.1. The number of hydrogen-bond acceptors (Lipinski definition) is 9. The number of nitrogens with zero attached hydrogens (tertiary/aromatic N) is 2. The molecule has 0 aliphatic carbocycles. The van der Waals surface area contributed by atoms with Crippen LogP contribution in [-0.2, 0) is 34.8 Å². The molecule has 4 N–H and O–H groups in total. The molecule has 1 aromatic heterocycles. The fraction of sp³-hybridized carbons (Fsp3) is 0.312. The number of fused-ring (bicyclic) bond motifs is 1. The Morgan fingerprint density at radius 2 is 2.20 bits per heavy atom. The fourth-order valence-electron chi connectivity index (χ4n) is 3.03. The largest absolute Gasteiger partial charge is 0.477 e. The van der Waals surface area contributed by atoms with Crippen LogP contribution in [0.3, 0.4) is 0 Å². The standard InChI is InChI=1S/C16H16N4O9S/c1-27-19-9(8-3-2-4-28-8)12(21)18-10-13(22)20-11(15(23)24)7(5-29-16(17)25)6-30(26)14(10)20/h2-4,10,14H,5-6H2,1H3,(H2,17,25)(H,18,21)(H,23,24)/t10-,14-,30+/m1/s1. The van der Waals surface area contributed by atoms with Gasteiger partial charge in [-0.1, -0.05) is 5.16 Å². The number of carboxylic acid groups (broad SMARTS) is 1. The van der Waals surface area contributed by atoms with E-state index in [2.05, 4.69) is 20.0 Å². The lowest BCUT2D eigenvalue weighted by atomic mass is 10.0. The van der Waals surface area contributed by atoms with Crippen molar-refractivity contribution in [1.82, 2.24) is 10.2 Å². The van der Waals surface area contributed by atoms with Crippen molar-refractivity contribution in [1.29, 1.82) is 0 Å². The number of primary amides is 1. The molecule has 3 rings (SSSR count). The Balaban J connectivity index is 1.83. The van der Waals surface area contributed by atoms with E-state index in [0.717, 1.165) is 4.90 Å². The van der Waals surface area contributed by atoms with Crippen LogP contribution in [0.15, 0.2) is 39.2 Å². The molecule has 1 saturated heterocycles. The minimum absolute atomic E-state index is 0.0359. The maximum atomic E-state index is 12.6. The van der Waals surface area contributed by atoms with Crippen LogP contribution in [0.5, 0.6) is 0 Å². The quantitative estimate of drug-likeness (QED) is 0.257. The molecule has 0 unspecified atom stereocenters. The first-order valence-electron chi connectivity index (χ1n) is 8.30. The van der Waals surface area contributed by atoms with Crippen molar-refractivity contribution in [3.63, 3.8) is 0 Å². The lowest BCUT2D eigenvalue weighted by Crippen LogP contribution is -2.74. The Morgan fingerprint density at radius 3 is 2.77 bits per heavy atom. The van der Waals surface area contributed by atoms with Gasteiger partial charge in [-0.15, -0.1) is 0 Å². The van der Waals surface area contributed by atoms with Gasteiger partial charge in [0.25, 0.3) is 11.8 Å². The van der Waals surface area contributed by atoms with Gasteiger partial charge in [0.05, 0.1) is 22.8 Å². The molecule has 3 amide bonds. The van der Waals surface area contributed by atoms with Crippen LogP contribution in [0.2, 0.25) is 0 Å². The molecule has 1 aromatic rings. The number of amides is 3. The van der Waals surface area contributed by atoms with E-state index >= 15 is 0 Å². The number of ether oxygens (including phenoxy) is 1. The van der Waals surface area contributed by atoms with Crippen LogP contribution in [-0.4, -0.2) is 74.7 Å². The summed E-state index contributed by atoms with van der Waals surface area (Å²) in [6.45, 7) is -0.528. The highest BCUT2D eigenvalue weighted by Crippen LogP contribution is 2.35. The van der Waals surface area contributed by atoms with E-state index in [0.29, 0.717) is 0 Å². The number of oxime groups is 1. The number of nitrogens with two attached hydrogens (primary N) is 1. The summed E-state index contributed by atoms with van der Waals surface area (Å²) < 4.78 is 22.3. The lowest BCUT2D eigenvalue weighted by molar-refractivity contribution is -0.150. The van der Waals surface area contributed by atoms with Gasteiger partial charge in [-0.2, -0.15) is 0 Å². The molecule has 0 bridgehead atoms. The summed E-state index contributed by atoms with van der Waals surface area (Å²) in [5.41, 5.74) is 4.11. The zero-order valence-corrected chi connectivity index (χ0v) is 16.2. The Hall–Kier alpha value is -3.68. The molecule has 2 aliphatic rings. The molecule has 2 aliphatic heterocycles. The summed E-state index contributed by atoms with van der Waals surface area (Å²) in [6, 6.07) is 1.70. The number of carboxylic acids is 1. The second-order valence-electron chi connectivity index (χ2n) is 6.04. The van der Waals surface area contributed by atoms with Gasteiger partial charge in [0.2, 0.25) is 5.71 Å². The third-order valence-corrected chi connectivity index (χ3v) is 5.89. The maximum Gasteiger partial charge on any atom is 0.404 e. The Bertz CT molecular complexity index is 985. The third kappa shape index (κ3) is 3.76. The van der Waals surface area contributed by atoms with Crippen molar-refractivity contribution in [3.8, 4) is 0 Å². The monoisotopic (exact) mass is 440 g/mol. The summed E-state index contributed by atoms with van der Waals surface area (Å²) in [5, 5.41) is 14.3. The topological polar surface area (TPSA) is 191 Å². The number of nitrogens with one attached hydrogen (secondary N) is 1. The molecule has 1 fully saturated rings. The number of aliphatic carboxylic acids is 1. The normalized spacial score (nSPS) is 23.4. The highest BCUT2D eigenvalue weighted by Gasteiger charge is 2.57. The Morgan fingerprint density at radius 1 is 1.47 bits per heavy atom. The van der Waals surface area contributed by atoms with Crippen LogP contribution < -0.4 is 11.1 Å². The van der Waals surface area contributed by atoms with Crippen LogP contribution in [0.1, 0.15) is 5.76 Å². The zero-order valence-electron chi connectivity index (χ0n) is 15.4. The smallest absolute Gasteiger partial charge is 0.404 e. The van der Waals surface area contributed by atoms with E-state index in [4.69, 9.17) is 10.2 Å². The predicted molar refractivity (Wildman–Crippen MR) is 98.0 cm³/mol. The van der Waals surface area contributed by atoms with Crippen LogP contribution in [0.25, 0.3) is 0 Å². The Kier molecular flexibility index (Phi) is 5.86. The molecule has 3 heterocycles. The zero-order chi connectivity index (χ0) is 22.0. The lowest BCUT2D eigenvalue weighted by Gasteiger charge is -2.48. The minimum atomic E-state index is -1.79. The summed E-state index contributed by atoms with van der Waals surface area (Å²) in [7, 11) is -0.578. The number of β-lactam (4-membered cyclic amide) rings is 1. The maximum absolute atomic E-state index is 12.6. The average molecular weight is 440 g/mol. The molecule has 0 spiro atoms. The van der Waals surface area contributed by atoms with E-state index in [1.54, 1.807) is 0 Å². The second-order valence-corrected chi connectivity index (χ2v) is 7.57. The van der Waals surface area contributed by atoms with Crippen molar-refractivity contribution < 1.29 is 42.5 Å². The summed E-state index contributed by atoms with van der Waals surface area (Å²) in [6.07, 6.45) is 0.155. The molecule has 0 saturated carbocycles. The van der Waals surface area contributed by atoms with Gasteiger partial charge < -0.3 is 30.1 Å². The van der Waals surface area contributed by atoms with E-state index in [1.165, 1.54) is 25.5 Å². The van der Waals surface area contributed by atoms with Gasteiger partial charge in [-0.3, -0.25) is 18.7 Å². The highest BCUT2D eigenvalue weighted by atomic mass is 32.2. The van der Waals surface area contributed by atoms with Crippen LogP contribution in [0, 0.1) is 0 Å². The Labute approximate surface area is 170 Å². The SMILES string of the molecule is CON=C(C(=O)N[C@@H]1C(=O)N2C(C(=O)O)=C(COC(N)=O)C[S@](=O)[C@H]12)c1ccco1. The van der Waals surface area contributed by atoms with Gasteiger partial charge >= 0.3 is 12.1 Å². The number of hydrogen-bond donors (Lipinski definition) is 3. The molecular weight excluding hydrogens is 424 g/mol. The summed E-state index contributed by atoms with van der Waals surface area (Å²) in [5.74, 6) is -3.33. The first-order valence-corrected chi connectivity index (χ1v) is 9.68. The summed E-state index contributed by atoms with van der Waals surface area (Å²) >= 11 is 0. The van der Waals surface area contributed by atoms with E-state index in [9.17, 15) is 28.5 Å². The third-order valence-electron chi connectivity index (χ3n) is 4.23. The van der Waals surface area contributed by atoms with Crippen molar-refractivity contribution >= 4 is 40.4 Å². The number of carbonyl (C=O) groups excluding carboxylic acids is 3. The molecule has 14 heteroatoms. The van der Waals surface area contributed by atoms with Crippen molar-refractivity contribution in [2.24, 2.45) is 10.9 Å². The van der Waals surface area contributed by atoms with E-state index in [1.807, 2.05) is 0 Å². The van der Waals surface area contributed by atoms with Crippen molar-refractivity contribution in [3.05, 3.63) is 35.4 Å². The predicted octanol–water partition coefficient (Wildman–Crippen LogP) is -1.52. The average Bonchev–Trinajstić information content (AvgIpc) is 3.22. The molecule has 160 valence electrons. The molecule has 0 radical (unpaired) electrons. The first-order chi connectivity index (χ1) is 14.3. The van der Waals surface area contributed by atoms with Gasteiger partial charge in [-0.05, 0) is 12.1 Å². The van der Waals surface area contributed by atoms with Crippen molar-refractivity contribution in [2.45, 2.75) is 11.4 Å². The minimum Gasteiger partial charge on any atom is -0.477 e. The molecule has 30 heavy (non-hydrogen) atoms. The molecule has 13 nitrogen and oxygen atoms in total. The highest BCUT2D eigenvalue weighted by molar-refractivity contribution is 7.86. The fourth-order valence-corrected chi connectivity index (χ4v) is 4.70.